The topological polar surface area (TPSA) is 51.6 Å². The van der Waals surface area contributed by atoms with Crippen LogP contribution in [0.2, 0.25) is 0 Å². The van der Waals surface area contributed by atoms with Crippen LogP contribution >= 0.6 is 31.9 Å². The van der Waals surface area contributed by atoms with Gasteiger partial charge in [0.1, 0.15) is 6.10 Å². The van der Waals surface area contributed by atoms with Crippen molar-refractivity contribution in [3.63, 3.8) is 0 Å². The summed E-state index contributed by atoms with van der Waals surface area (Å²) in [5.74, 6) is 1.38. The minimum Gasteiger partial charge on any atom is -0.490 e. The van der Waals surface area contributed by atoms with Crippen molar-refractivity contribution in [3.05, 3.63) is 50.7 Å². The molecule has 6 heteroatoms. The molecule has 0 saturated heterocycles. The van der Waals surface area contributed by atoms with Gasteiger partial charge in [-0.3, -0.25) is 4.98 Å². The Kier molecular flexibility index (Phi) is 4.47. The van der Waals surface area contributed by atoms with E-state index in [4.69, 9.17) is 9.47 Å². The second-order valence-electron chi connectivity index (χ2n) is 4.68. The lowest BCUT2D eigenvalue weighted by Crippen LogP contribution is -2.04. The van der Waals surface area contributed by atoms with Crippen LogP contribution in [0, 0.1) is 0 Å². The van der Waals surface area contributed by atoms with E-state index >= 15 is 0 Å². The molecule has 2 heterocycles. The fraction of sp³-hybridized carbons (Fsp3) is 0.267. The number of benzene rings is 1. The van der Waals surface area contributed by atoms with Crippen LogP contribution in [-0.4, -0.2) is 23.3 Å². The van der Waals surface area contributed by atoms with E-state index < -0.39 is 6.10 Å². The van der Waals surface area contributed by atoms with E-state index in [0.29, 0.717) is 30.4 Å². The van der Waals surface area contributed by atoms with Crippen LogP contribution in [0.5, 0.6) is 11.5 Å². The standard InChI is InChI=1S/C15H13Br2NO3/c16-10-7-11(17)14(18-8-10)15(19)9-2-3-12-13(6-9)21-5-1-4-20-12/h2-3,6-8,15,19H,1,4-5H2. The van der Waals surface area contributed by atoms with Crippen LogP contribution in [-0.2, 0) is 0 Å². The first-order chi connectivity index (χ1) is 10.1. The van der Waals surface area contributed by atoms with Crippen LogP contribution in [0.25, 0.3) is 0 Å². The van der Waals surface area contributed by atoms with Crippen LogP contribution < -0.4 is 9.47 Å². The van der Waals surface area contributed by atoms with Gasteiger partial charge in [-0.15, -0.1) is 0 Å². The Morgan fingerprint density at radius 1 is 1.10 bits per heavy atom. The lowest BCUT2D eigenvalue weighted by atomic mass is 10.1. The Hall–Kier alpha value is -1.11. The van der Waals surface area contributed by atoms with Crippen molar-refractivity contribution in [3.8, 4) is 11.5 Å². The third kappa shape index (κ3) is 3.22. The molecular formula is C15H13Br2NO3. The number of nitrogens with zero attached hydrogens (tertiary/aromatic N) is 1. The summed E-state index contributed by atoms with van der Waals surface area (Å²) < 4.78 is 12.8. The predicted octanol–water partition coefficient (Wildman–Crippen LogP) is 3.85. The molecule has 1 atom stereocenters. The van der Waals surface area contributed by atoms with Gasteiger partial charge < -0.3 is 14.6 Å². The molecule has 0 fully saturated rings. The summed E-state index contributed by atoms with van der Waals surface area (Å²) in [6.45, 7) is 1.27. The zero-order valence-corrected chi connectivity index (χ0v) is 14.2. The molecule has 0 bridgehead atoms. The number of halogens is 2. The predicted molar refractivity (Wildman–Crippen MR) is 85.7 cm³/mol. The molecule has 1 aromatic carbocycles. The zero-order chi connectivity index (χ0) is 14.8. The molecule has 0 amide bonds. The number of fused-ring (bicyclic) bond motifs is 1. The van der Waals surface area contributed by atoms with Gasteiger partial charge in [0, 0.05) is 21.6 Å². The van der Waals surface area contributed by atoms with E-state index in [9.17, 15) is 5.11 Å². The third-order valence-corrected chi connectivity index (χ3v) is 4.25. The normalized spacial score (nSPS) is 15.4. The van der Waals surface area contributed by atoms with Crippen molar-refractivity contribution < 1.29 is 14.6 Å². The molecule has 1 aliphatic heterocycles. The van der Waals surface area contributed by atoms with Gasteiger partial charge in [-0.1, -0.05) is 6.07 Å². The molecule has 0 spiro atoms. The minimum absolute atomic E-state index is 0.563. The monoisotopic (exact) mass is 413 g/mol. The summed E-state index contributed by atoms with van der Waals surface area (Å²) in [4.78, 5) is 4.27. The van der Waals surface area contributed by atoms with Crippen molar-refractivity contribution >= 4 is 31.9 Å². The molecule has 110 valence electrons. The fourth-order valence-electron chi connectivity index (χ4n) is 2.13. The zero-order valence-electron chi connectivity index (χ0n) is 11.1. The number of ether oxygens (including phenoxy) is 2. The molecule has 0 aliphatic carbocycles. The molecule has 2 aromatic rings. The van der Waals surface area contributed by atoms with E-state index in [1.54, 1.807) is 6.20 Å². The molecule has 1 N–H and O–H groups in total. The highest BCUT2D eigenvalue weighted by Gasteiger charge is 2.19. The number of pyridine rings is 1. The number of hydrogen-bond acceptors (Lipinski definition) is 4. The third-order valence-electron chi connectivity index (χ3n) is 3.18. The Morgan fingerprint density at radius 2 is 1.86 bits per heavy atom. The van der Waals surface area contributed by atoms with E-state index in [0.717, 1.165) is 20.9 Å². The summed E-state index contributed by atoms with van der Waals surface area (Å²) in [6, 6.07) is 7.32. The lowest BCUT2D eigenvalue weighted by Gasteiger charge is -2.15. The molecule has 0 radical (unpaired) electrons. The van der Waals surface area contributed by atoms with Crippen LogP contribution in [0.3, 0.4) is 0 Å². The number of hydrogen-bond donors (Lipinski definition) is 1. The molecule has 1 unspecified atom stereocenters. The van der Waals surface area contributed by atoms with Crippen molar-refractivity contribution in [2.24, 2.45) is 0 Å². The summed E-state index contributed by atoms with van der Waals surface area (Å²) >= 11 is 6.77. The van der Waals surface area contributed by atoms with Gasteiger partial charge in [0.25, 0.3) is 0 Å². The van der Waals surface area contributed by atoms with Crippen molar-refractivity contribution in [1.82, 2.24) is 4.98 Å². The maximum atomic E-state index is 10.5. The maximum Gasteiger partial charge on any atom is 0.161 e. The van der Waals surface area contributed by atoms with Gasteiger partial charge in [-0.05, 0) is 55.6 Å². The Morgan fingerprint density at radius 3 is 2.62 bits per heavy atom. The molecule has 3 rings (SSSR count). The Labute approximate surface area is 139 Å². The highest BCUT2D eigenvalue weighted by molar-refractivity contribution is 9.11. The SMILES string of the molecule is OC(c1ccc2c(c1)OCCCO2)c1ncc(Br)cc1Br. The maximum absolute atomic E-state index is 10.5. The quantitative estimate of drug-likeness (QED) is 0.810. The molecule has 0 saturated carbocycles. The van der Waals surface area contributed by atoms with Crippen LogP contribution in [0.1, 0.15) is 23.8 Å². The van der Waals surface area contributed by atoms with E-state index in [2.05, 4.69) is 36.8 Å². The van der Waals surface area contributed by atoms with Crippen LogP contribution in [0.15, 0.2) is 39.4 Å². The number of aromatic nitrogens is 1. The second kappa shape index (κ2) is 6.34. The summed E-state index contributed by atoms with van der Waals surface area (Å²) in [6.07, 6.45) is 1.68. The van der Waals surface area contributed by atoms with Crippen LogP contribution in [0.4, 0.5) is 0 Å². The van der Waals surface area contributed by atoms with Crippen molar-refractivity contribution in [1.29, 1.82) is 0 Å². The van der Waals surface area contributed by atoms with E-state index in [1.165, 1.54) is 0 Å². The fourth-order valence-corrected chi connectivity index (χ4v) is 3.34. The number of aliphatic hydroxyl groups is 1. The van der Waals surface area contributed by atoms with Gasteiger partial charge in [-0.2, -0.15) is 0 Å². The van der Waals surface area contributed by atoms with E-state index in [-0.39, 0.29) is 0 Å². The summed E-state index contributed by atoms with van der Waals surface area (Å²) in [5.41, 5.74) is 1.28. The van der Waals surface area contributed by atoms with Gasteiger partial charge >= 0.3 is 0 Å². The van der Waals surface area contributed by atoms with Crippen molar-refractivity contribution in [2.75, 3.05) is 13.2 Å². The molecular weight excluding hydrogens is 402 g/mol. The summed E-state index contributed by atoms with van der Waals surface area (Å²) in [5, 5.41) is 10.5. The highest BCUT2D eigenvalue weighted by Crippen LogP contribution is 2.35. The average Bonchev–Trinajstić information content (AvgIpc) is 2.71. The first kappa shape index (κ1) is 14.8. The Bertz CT molecular complexity index is 663. The first-order valence-electron chi connectivity index (χ1n) is 6.53. The van der Waals surface area contributed by atoms with Crippen molar-refractivity contribution in [2.45, 2.75) is 12.5 Å². The largest absolute Gasteiger partial charge is 0.490 e. The van der Waals surface area contributed by atoms with E-state index in [1.807, 2.05) is 24.3 Å². The highest BCUT2D eigenvalue weighted by atomic mass is 79.9. The minimum atomic E-state index is -0.829. The smallest absolute Gasteiger partial charge is 0.161 e. The first-order valence-corrected chi connectivity index (χ1v) is 8.12. The van der Waals surface area contributed by atoms with Gasteiger partial charge in [0.15, 0.2) is 11.5 Å². The molecule has 21 heavy (non-hydrogen) atoms. The lowest BCUT2D eigenvalue weighted by molar-refractivity contribution is 0.213. The van der Waals surface area contributed by atoms with Gasteiger partial charge in [-0.25, -0.2) is 0 Å². The average molecular weight is 415 g/mol. The molecule has 1 aliphatic rings. The van der Waals surface area contributed by atoms with Gasteiger partial charge in [0.2, 0.25) is 0 Å². The second-order valence-corrected chi connectivity index (χ2v) is 6.45. The number of aliphatic hydroxyl groups excluding tert-OH is 1. The number of rotatable bonds is 2. The summed E-state index contributed by atoms with van der Waals surface area (Å²) in [7, 11) is 0. The Balaban J connectivity index is 1.94. The van der Waals surface area contributed by atoms with Gasteiger partial charge in [0.05, 0.1) is 18.9 Å². The molecule has 1 aromatic heterocycles. The molecule has 4 nitrogen and oxygen atoms in total.